The molecule has 7 nitrogen and oxygen atoms in total. The standard InChI is InChI=1S/C16H17F3N4O3/c1-10-21-15(16(17,18)19,22-13(24)11-4-2-6-20-8-11)14(25)23(10)9-12-5-3-7-26-12/h2,4,6,8,12H,3,5,7,9H2,1H3,(H,22,24). The van der Waals surface area contributed by atoms with Gasteiger partial charge in [-0.1, -0.05) is 0 Å². The Morgan fingerprint density at radius 1 is 1.50 bits per heavy atom. The van der Waals surface area contributed by atoms with Gasteiger partial charge in [0.25, 0.3) is 11.8 Å². The van der Waals surface area contributed by atoms with Gasteiger partial charge in [-0.2, -0.15) is 13.2 Å². The van der Waals surface area contributed by atoms with Crippen LogP contribution in [0.3, 0.4) is 0 Å². The molecule has 2 aliphatic rings. The number of amides is 2. The molecule has 1 saturated heterocycles. The number of aliphatic imine (C=N–C) groups is 1. The largest absolute Gasteiger partial charge is 0.442 e. The van der Waals surface area contributed by atoms with Gasteiger partial charge in [-0.15, -0.1) is 0 Å². The Hall–Kier alpha value is -2.49. The van der Waals surface area contributed by atoms with Crippen molar-refractivity contribution in [2.24, 2.45) is 4.99 Å². The van der Waals surface area contributed by atoms with Gasteiger partial charge in [0.2, 0.25) is 0 Å². The van der Waals surface area contributed by atoms with Crippen LogP contribution in [0.1, 0.15) is 30.1 Å². The number of alkyl halides is 3. The lowest BCUT2D eigenvalue weighted by Gasteiger charge is -2.29. The number of hydrogen-bond acceptors (Lipinski definition) is 5. The van der Waals surface area contributed by atoms with E-state index in [9.17, 15) is 22.8 Å². The van der Waals surface area contributed by atoms with Crippen molar-refractivity contribution >= 4 is 17.6 Å². The van der Waals surface area contributed by atoms with E-state index in [1.165, 1.54) is 25.3 Å². The van der Waals surface area contributed by atoms with Crippen molar-refractivity contribution in [1.82, 2.24) is 15.2 Å². The van der Waals surface area contributed by atoms with Crippen molar-refractivity contribution in [2.75, 3.05) is 13.2 Å². The molecule has 0 saturated carbocycles. The number of ether oxygens (including phenoxy) is 1. The van der Waals surface area contributed by atoms with Crippen molar-refractivity contribution in [3.63, 3.8) is 0 Å². The summed E-state index contributed by atoms with van der Waals surface area (Å²) in [6.45, 7) is 1.77. The fourth-order valence-corrected chi connectivity index (χ4v) is 2.97. The highest BCUT2D eigenvalue weighted by atomic mass is 19.4. The summed E-state index contributed by atoms with van der Waals surface area (Å²) in [7, 11) is 0. The second-order valence-corrected chi connectivity index (χ2v) is 6.11. The molecule has 2 amide bonds. The zero-order valence-electron chi connectivity index (χ0n) is 13.9. The van der Waals surface area contributed by atoms with Gasteiger partial charge in [-0.25, -0.2) is 4.99 Å². The molecule has 1 N–H and O–H groups in total. The van der Waals surface area contributed by atoms with Gasteiger partial charge < -0.3 is 10.1 Å². The zero-order chi connectivity index (χ0) is 18.9. The third-order valence-corrected chi connectivity index (χ3v) is 4.31. The highest BCUT2D eigenvalue weighted by molar-refractivity contribution is 6.10. The SMILES string of the molecule is CC1=NC(NC(=O)c2cccnc2)(C(F)(F)F)C(=O)N1CC1CCCO1. The van der Waals surface area contributed by atoms with Crippen LogP contribution in [-0.4, -0.2) is 58.6 Å². The van der Waals surface area contributed by atoms with E-state index >= 15 is 0 Å². The fraction of sp³-hybridized carbons (Fsp3) is 0.500. The number of carbonyl (C=O) groups is 2. The number of carbonyl (C=O) groups excluding carboxylic acids is 2. The minimum atomic E-state index is -5.10. The lowest BCUT2D eigenvalue weighted by atomic mass is 10.1. The number of pyridine rings is 1. The highest BCUT2D eigenvalue weighted by Gasteiger charge is 2.66. The summed E-state index contributed by atoms with van der Waals surface area (Å²) in [5.41, 5.74) is -3.45. The van der Waals surface area contributed by atoms with Crippen LogP contribution in [0.5, 0.6) is 0 Å². The van der Waals surface area contributed by atoms with E-state index in [0.29, 0.717) is 13.0 Å². The quantitative estimate of drug-likeness (QED) is 0.871. The number of hydrogen-bond donors (Lipinski definition) is 1. The second-order valence-electron chi connectivity index (χ2n) is 6.11. The van der Waals surface area contributed by atoms with Crippen molar-refractivity contribution in [3.8, 4) is 0 Å². The van der Waals surface area contributed by atoms with Gasteiger partial charge in [0.15, 0.2) is 0 Å². The van der Waals surface area contributed by atoms with Gasteiger partial charge >= 0.3 is 11.8 Å². The first-order chi connectivity index (χ1) is 12.2. The Kier molecular flexibility index (Phi) is 4.70. The van der Waals surface area contributed by atoms with Crippen LogP contribution < -0.4 is 5.32 Å². The summed E-state index contributed by atoms with van der Waals surface area (Å²) >= 11 is 0. The molecule has 140 valence electrons. The van der Waals surface area contributed by atoms with Crippen LogP contribution in [-0.2, 0) is 9.53 Å². The Balaban J connectivity index is 1.88. The van der Waals surface area contributed by atoms with E-state index in [4.69, 9.17) is 4.74 Å². The van der Waals surface area contributed by atoms with Crippen LogP contribution in [0.4, 0.5) is 13.2 Å². The lowest BCUT2D eigenvalue weighted by molar-refractivity contribution is -0.196. The molecule has 2 aliphatic heterocycles. The topological polar surface area (TPSA) is 83.9 Å². The molecular formula is C16H17F3N4O3. The zero-order valence-corrected chi connectivity index (χ0v) is 13.9. The molecule has 1 fully saturated rings. The fourth-order valence-electron chi connectivity index (χ4n) is 2.97. The molecule has 3 heterocycles. The summed E-state index contributed by atoms with van der Waals surface area (Å²) in [5, 5.41) is 1.76. The Morgan fingerprint density at radius 3 is 2.85 bits per heavy atom. The molecule has 2 atom stereocenters. The minimum absolute atomic E-state index is 0.0330. The number of nitrogens with zero attached hydrogens (tertiary/aromatic N) is 3. The van der Waals surface area contributed by atoms with E-state index in [0.717, 1.165) is 17.5 Å². The maximum absolute atomic E-state index is 13.8. The van der Waals surface area contributed by atoms with Crippen LogP contribution in [0.2, 0.25) is 0 Å². The predicted molar refractivity (Wildman–Crippen MR) is 84.3 cm³/mol. The molecule has 0 aromatic carbocycles. The first-order valence-electron chi connectivity index (χ1n) is 8.04. The van der Waals surface area contributed by atoms with Crippen LogP contribution >= 0.6 is 0 Å². The molecule has 0 radical (unpaired) electrons. The number of rotatable bonds is 4. The van der Waals surface area contributed by atoms with Gasteiger partial charge in [0, 0.05) is 19.0 Å². The van der Waals surface area contributed by atoms with Crippen molar-refractivity contribution in [3.05, 3.63) is 30.1 Å². The van der Waals surface area contributed by atoms with Crippen molar-refractivity contribution in [1.29, 1.82) is 0 Å². The number of nitrogens with one attached hydrogen (secondary N) is 1. The molecule has 1 aromatic rings. The number of amidine groups is 1. The maximum atomic E-state index is 13.8. The van der Waals surface area contributed by atoms with E-state index in [2.05, 4.69) is 9.98 Å². The molecule has 0 bridgehead atoms. The van der Waals surface area contributed by atoms with E-state index < -0.39 is 23.7 Å². The second kappa shape index (κ2) is 6.67. The van der Waals surface area contributed by atoms with E-state index in [-0.39, 0.29) is 24.0 Å². The summed E-state index contributed by atoms with van der Waals surface area (Å²) < 4.78 is 46.7. The molecule has 1 aromatic heterocycles. The van der Waals surface area contributed by atoms with Crippen LogP contribution in [0.15, 0.2) is 29.5 Å². The molecule has 26 heavy (non-hydrogen) atoms. The molecule has 2 unspecified atom stereocenters. The van der Waals surface area contributed by atoms with Crippen molar-refractivity contribution in [2.45, 2.75) is 37.7 Å². The predicted octanol–water partition coefficient (Wildman–Crippen LogP) is 1.51. The normalized spacial score (nSPS) is 26.2. The summed E-state index contributed by atoms with van der Waals surface area (Å²) in [5.74, 6) is -2.54. The Labute approximate surface area is 147 Å². The van der Waals surface area contributed by atoms with E-state index in [1.54, 1.807) is 5.32 Å². The Bertz CT molecular complexity index is 732. The summed E-state index contributed by atoms with van der Waals surface area (Å²) in [6, 6.07) is 2.70. The summed E-state index contributed by atoms with van der Waals surface area (Å²) in [6.07, 6.45) is -1.53. The Morgan fingerprint density at radius 2 is 2.27 bits per heavy atom. The minimum Gasteiger partial charge on any atom is -0.376 e. The highest BCUT2D eigenvalue weighted by Crippen LogP contribution is 2.38. The smallest absolute Gasteiger partial charge is 0.376 e. The monoisotopic (exact) mass is 370 g/mol. The molecule has 0 aliphatic carbocycles. The van der Waals surface area contributed by atoms with Crippen LogP contribution in [0, 0.1) is 0 Å². The first-order valence-corrected chi connectivity index (χ1v) is 8.04. The van der Waals surface area contributed by atoms with Gasteiger partial charge in [0.05, 0.1) is 18.2 Å². The first kappa shape index (κ1) is 18.3. The molecule has 10 heteroatoms. The lowest BCUT2D eigenvalue weighted by Crippen LogP contribution is -2.63. The van der Waals surface area contributed by atoms with Gasteiger partial charge in [0.1, 0.15) is 5.84 Å². The maximum Gasteiger partial charge on any atom is 0.442 e. The third kappa shape index (κ3) is 3.16. The third-order valence-electron chi connectivity index (χ3n) is 4.31. The summed E-state index contributed by atoms with van der Waals surface area (Å²) in [4.78, 5) is 33.0. The molecule has 0 spiro atoms. The van der Waals surface area contributed by atoms with Gasteiger partial charge in [-0.05, 0) is 31.9 Å². The average Bonchev–Trinajstić information content (AvgIpc) is 3.18. The van der Waals surface area contributed by atoms with Gasteiger partial charge in [-0.3, -0.25) is 19.5 Å². The van der Waals surface area contributed by atoms with Crippen molar-refractivity contribution < 1.29 is 27.5 Å². The molecular weight excluding hydrogens is 353 g/mol. The molecule has 3 rings (SSSR count). The number of halogens is 3. The van der Waals surface area contributed by atoms with Crippen LogP contribution in [0.25, 0.3) is 0 Å². The number of aromatic nitrogens is 1. The van der Waals surface area contributed by atoms with E-state index in [1.807, 2.05) is 0 Å². The average molecular weight is 370 g/mol.